The van der Waals surface area contributed by atoms with Crippen LogP contribution < -0.4 is 11.3 Å². The van der Waals surface area contributed by atoms with Gasteiger partial charge in [0.2, 0.25) is 0 Å². The van der Waals surface area contributed by atoms with Crippen LogP contribution in [0.15, 0.2) is 12.4 Å². The van der Waals surface area contributed by atoms with Crippen LogP contribution in [0.5, 0.6) is 0 Å². The normalized spacial score (nSPS) is 26.2. The maximum absolute atomic E-state index is 5.78. The molecule has 1 aromatic rings. The van der Waals surface area contributed by atoms with Gasteiger partial charge in [0.05, 0.1) is 6.04 Å². The van der Waals surface area contributed by atoms with E-state index in [1.807, 2.05) is 12.4 Å². The van der Waals surface area contributed by atoms with Crippen molar-refractivity contribution in [1.82, 2.24) is 15.0 Å². The maximum atomic E-state index is 5.78. The van der Waals surface area contributed by atoms with Gasteiger partial charge in [-0.3, -0.25) is 5.84 Å². The molecule has 1 unspecified atom stereocenters. The third-order valence-electron chi connectivity index (χ3n) is 4.49. The Balaban J connectivity index is 2.05. The van der Waals surface area contributed by atoms with Crippen molar-refractivity contribution < 1.29 is 0 Å². The van der Waals surface area contributed by atoms with Crippen LogP contribution in [-0.2, 0) is 6.54 Å². The van der Waals surface area contributed by atoms with Crippen molar-refractivity contribution in [3.63, 3.8) is 0 Å². The van der Waals surface area contributed by atoms with Gasteiger partial charge >= 0.3 is 0 Å². The number of hydrogen-bond donors (Lipinski definition) is 2. The minimum Gasteiger partial charge on any atom is -0.334 e. The highest BCUT2D eigenvalue weighted by Crippen LogP contribution is 2.37. The van der Waals surface area contributed by atoms with Gasteiger partial charge in [-0.05, 0) is 31.6 Å². The molecular weight excluding hydrogens is 224 g/mol. The Morgan fingerprint density at radius 1 is 1.39 bits per heavy atom. The lowest BCUT2D eigenvalue weighted by molar-refractivity contribution is 0.212. The molecule has 0 aliphatic heterocycles. The Bertz CT molecular complexity index is 352. The van der Waals surface area contributed by atoms with E-state index in [0.717, 1.165) is 18.3 Å². The Morgan fingerprint density at radius 2 is 2.11 bits per heavy atom. The third kappa shape index (κ3) is 2.75. The van der Waals surface area contributed by atoms with Crippen molar-refractivity contribution in [2.75, 3.05) is 0 Å². The fraction of sp³-hybridized carbons (Fsp3) is 0.786. The molecule has 1 saturated carbocycles. The summed E-state index contributed by atoms with van der Waals surface area (Å²) < 4.78 is 2.19. The number of imidazole rings is 1. The fourth-order valence-electron chi connectivity index (χ4n) is 3.22. The number of rotatable bonds is 5. The molecule has 1 aliphatic carbocycles. The molecule has 0 amide bonds. The number of hydrogen-bond acceptors (Lipinski definition) is 3. The number of nitrogens with one attached hydrogen (secondary N) is 1. The van der Waals surface area contributed by atoms with Crippen LogP contribution in [-0.4, -0.2) is 9.55 Å². The smallest absolute Gasteiger partial charge is 0.127 e. The summed E-state index contributed by atoms with van der Waals surface area (Å²) >= 11 is 0. The summed E-state index contributed by atoms with van der Waals surface area (Å²) in [5, 5.41) is 0. The van der Waals surface area contributed by atoms with Crippen LogP contribution >= 0.6 is 0 Å². The summed E-state index contributed by atoms with van der Waals surface area (Å²) in [5.74, 6) is 8.43. The summed E-state index contributed by atoms with van der Waals surface area (Å²) in [4.78, 5) is 4.49. The van der Waals surface area contributed by atoms with Crippen LogP contribution in [0.1, 0.15) is 57.8 Å². The zero-order valence-corrected chi connectivity index (χ0v) is 11.6. The van der Waals surface area contributed by atoms with E-state index in [0.29, 0.717) is 5.92 Å². The molecule has 0 aromatic carbocycles. The molecule has 1 heterocycles. The molecule has 1 aromatic heterocycles. The number of nitrogens with zero attached hydrogens (tertiary/aromatic N) is 2. The first-order valence-electron chi connectivity index (χ1n) is 7.27. The second kappa shape index (κ2) is 6.34. The zero-order valence-electron chi connectivity index (χ0n) is 11.6. The SMILES string of the molecule is CCC1CCC(C(NN)c2nccn2CC)CC1. The summed E-state index contributed by atoms with van der Waals surface area (Å²) in [6, 6.07) is 0.206. The topological polar surface area (TPSA) is 55.9 Å². The predicted octanol–water partition coefficient (Wildman–Crippen LogP) is 2.62. The molecule has 3 N–H and O–H groups in total. The first-order valence-corrected chi connectivity index (χ1v) is 7.27. The lowest BCUT2D eigenvalue weighted by Gasteiger charge is -2.33. The van der Waals surface area contributed by atoms with Crippen LogP contribution in [0.4, 0.5) is 0 Å². The lowest BCUT2D eigenvalue weighted by atomic mass is 9.77. The van der Waals surface area contributed by atoms with Gasteiger partial charge in [0.1, 0.15) is 5.82 Å². The Hall–Kier alpha value is -0.870. The summed E-state index contributed by atoms with van der Waals surface area (Å²) in [7, 11) is 0. The first kappa shape index (κ1) is 13.6. The van der Waals surface area contributed by atoms with Crippen LogP contribution in [0, 0.1) is 11.8 Å². The molecule has 2 rings (SSSR count). The third-order valence-corrected chi connectivity index (χ3v) is 4.49. The first-order chi connectivity index (χ1) is 8.80. The standard InChI is InChI=1S/C14H26N4/c1-3-11-5-7-12(8-6-11)13(17-15)14-16-9-10-18(14)4-2/h9-13,17H,3-8,15H2,1-2H3. The fourth-order valence-corrected chi connectivity index (χ4v) is 3.22. The van der Waals surface area contributed by atoms with E-state index in [2.05, 4.69) is 28.8 Å². The molecule has 1 atom stereocenters. The average Bonchev–Trinajstić information content (AvgIpc) is 2.89. The largest absolute Gasteiger partial charge is 0.334 e. The number of hydrazine groups is 1. The van der Waals surface area contributed by atoms with Gasteiger partial charge in [-0.2, -0.15) is 0 Å². The lowest BCUT2D eigenvalue weighted by Crippen LogP contribution is -2.37. The molecule has 4 nitrogen and oxygen atoms in total. The van der Waals surface area contributed by atoms with Gasteiger partial charge < -0.3 is 4.57 Å². The predicted molar refractivity (Wildman–Crippen MR) is 73.7 cm³/mol. The minimum absolute atomic E-state index is 0.206. The van der Waals surface area contributed by atoms with E-state index in [4.69, 9.17) is 5.84 Å². The van der Waals surface area contributed by atoms with Gasteiger partial charge in [-0.15, -0.1) is 0 Å². The van der Waals surface area contributed by atoms with E-state index in [-0.39, 0.29) is 6.04 Å². The van der Waals surface area contributed by atoms with Gasteiger partial charge in [-0.25, -0.2) is 10.4 Å². The zero-order chi connectivity index (χ0) is 13.0. The van der Waals surface area contributed by atoms with E-state index in [1.54, 1.807) is 0 Å². The maximum Gasteiger partial charge on any atom is 0.127 e. The summed E-state index contributed by atoms with van der Waals surface area (Å²) in [6.07, 6.45) is 10.4. The summed E-state index contributed by atoms with van der Waals surface area (Å²) in [6.45, 7) is 5.40. The molecule has 18 heavy (non-hydrogen) atoms. The number of aryl methyl sites for hydroxylation is 1. The van der Waals surface area contributed by atoms with Crippen LogP contribution in [0.2, 0.25) is 0 Å². The Morgan fingerprint density at radius 3 is 2.67 bits per heavy atom. The number of aromatic nitrogens is 2. The summed E-state index contributed by atoms with van der Waals surface area (Å²) in [5.41, 5.74) is 3.00. The molecule has 1 aliphatic rings. The van der Waals surface area contributed by atoms with Crippen LogP contribution in [0.3, 0.4) is 0 Å². The molecule has 0 spiro atoms. The molecular formula is C14H26N4. The van der Waals surface area contributed by atoms with E-state index in [1.165, 1.54) is 32.1 Å². The van der Waals surface area contributed by atoms with Gasteiger partial charge in [0.15, 0.2) is 0 Å². The average molecular weight is 250 g/mol. The molecule has 0 saturated heterocycles. The minimum atomic E-state index is 0.206. The van der Waals surface area contributed by atoms with Crippen molar-refractivity contribution >= 4 is 0 Å². The highest BCUT2D eigenvalue weighted by Gasteiger charge is 2.29. The molecule has 0 radical (unpaired) electrons. The van der Waals surface area contributed by atoms with E-state index < -0.39 is 0 Å². The Labute approximate surface area is 110 Å². The Kier molecular flexibility index (Phi) is 4.78. The van der Waals surface area contributed by atoms with Crippen LogP contribution in [0.25, 0.3) is 0 Å². The van der Waals surface area contributed by atoms with Gasteiger partial charge in [0.25, 0.3) is 0 Å². The van der Waals surface area contributed by atoms with Crippen molar-refractivity contribution in [2.24, 2.45) is 17.7 Å². The highest BCUT2D eigenvalue weighted by molar-refractivity contribution is 5.02. The quantitative estimate of drug-likeness (QED) is 0.624. The van der Waals surface area contributed by atoms with Crippen molar-refractivity contribution in [3.05, 3.63) is 18.2 Å². The second-order valence-electron chi connectivity index (χ2n) is 5.40. The van der Waals surface area contributed by atoms with E-state index >= 15 is 0 Å². The van der Waals surface area contributed by atoms with Crippen molar-refractivity contribution in [1.29, 1.82) is 0 Å². The van der Waals surface area contributed by atoms with E-state index in [9.17, 15) is 0 Å². The monoisotopic (exact) mass is 250 g/mol. The van der Waals surface area contributed by atoms with Gasteiger partial charge in [-0.1, -0.05) is 26.2 Å². The van der Waals surface area contributed by atoms with Crippen molar-refractivity contribution in [3.8, 4) is 0 Å². The second-order valence-corrected chi connectivity index (χ2v) is 5.40. The number of nitrogens with two attached hydrogens (primary N) is 1. The molecule has 102 valence electrons. The molecule has 0 bridgehead atoms. The highest BCUT2D eigenvalue weighted by atomic mass is 15.3. The molecule has 1 fully saturated rings. The van der Waals surface area contributed by atoms with Crippen molar-refractivity contribution in [2.45, 2.75) is 58.5 Å². The van der Waals surface area contributed by atoms with Gasteiger partial charge in [0, 0.05) is 18.9 Å². The molecule has 4 heteroatoms.